The molecule has 0 bridgehead atoms. The van der Waals surface area contributed by atoms with Gasteiger partial charge in [0.2, 0.25) is 10.3 Å². The number of thioether (sulfide) groups is 1. The van der Waals surface area contributed by atoms with E-state index in [1.165, 1.54) is 5.56 Å². The first-order valence-electron chi connectivity index (χ1n) is 8.36. The lowest BCUT2D eigenvalue weighted by Gasteiger charge is -2.29. The van der Waals surface area contributed by atoms with Gasteiger partial charge < -0.3 is 9.64 Å². The molecule has 2 fully saturated rings. The van der Waals surface area contributed by atoms with Gasteiger partial charge in [-0.05, 0) is 49.9 Å². The first-order valence-corrected chi connectivity index (χ1v) is 9.64. The number of hydrogen-bond acceptors (Lipinski definition) is 4. The third-order valence-electron chi connectivity index (χ3n) is 4.80. The van der Waals surface area contributed by atoms with Crippen LogP contribution in [0.2, 0.25) is 0 Å². The molecule has 3 rings (SSSR count). The predicted octanol–water partition coefficient (Wildman–Crippen LogP) is 3.66. The molecule has 1 heterocycles. The highest BCUT2D eigenvalue weighted by Crippen LogP contribution is 2.44. The average Bonchev–Trinajstić information content (AvgIpc) is 3.06. The minimum absolute atomic E-state index is 0.309. The molecular formula is C18H23NO2S2. The van der Waals surface area contributed by atoms with Gasteiger partial charge in [-0.25, -0.2) is 0 Å². The van der Waals surface area contributed by atoms with Crippen LogP contribution in [0.3, 0.4) is 0 Å². The van der Waals surface area contributed by atoms with Crippen LogP contribution in [0.25, 0.3) is 0 Å². The molecule has 0 N–H and O–H groups in total. The molecule has 2 aliphatic rings. The van der Waals surface area contributed by atoms with Gasteiger partial charge in [-0.2, -0.15) is 0 Å². The number of benzene rings is 1. The van der Waals surface area contributed by atoms with Gasteiger partial charge in [0.1, 0.15) is 0 Å². The van der Waals surface area contributed by atoms with Crippen LogP contribution in [-0.2, 0) is 16.0 Å². The summed E-state index contributed by atoms with van der Waals surface area (Å²) in [5.41, 5.74) is 1.29. The highest BCUT2D eigenvalue weighted by Gasteiger charge is 2.48. The van der Waals surface area contributed by atoms with E-state index in [-0.39, 0.29) is 0 Å². The van der Waals surface area contributed by atoms with E-state index in [9.17, 15) is 4.79 Å². The minimum atomic E-state index is 0.309. The van der Waals surface area contributed by atoms with E-state index in [2.05, 4.69) is 29.2 Å². The Morgan fingerprint density at radius 2 is 2.13 bits per heavy atom. The highest BCUT2D eigenvalue weighted by molar-refractivity contribution is 8.23. The van der Waals surface area contributed by atoms with Crippen molar-refractivity contribution in [3.8, 4) is 0 Å². The Bertz CT molecular complexity index is 563. The zero-order chi connectivity index (χ0) is 16.2. The summed E-state index contributed by atoms with van der Waals surface area (Å²) in [6.07, 6.45) is 3.88. The Labute approximate surface area is 147 Å². The van der Waals surface area contributed by atoms with Crippen molar-refractivity contribution in [3.63, 3.8) is 0 Å². The summed E-state index contributed by atoms with van der Waals surface area (Å²) in [6.45, 7) is 3.38. The molecule has 1 aromatic rings. The number of thiocarbonyl (C=S) groups is 1. The van der Waals surface area contributed by atoms with Crippen LogP contribution < -0.4 is 0 Å². The van der Waals surface area contributed by atoms with Gasteiger partial charge in [0, 0.05) is 24.3 Å². The predicted molar refractivity (Wildman–Crippen MR) is 98.6 cm³/mol. The quantitative estimate of drug-likeness (QED) is 0.759. The summed E-state index contributed by atoms with van der Waals surface area (Å²) >= 11 is 6.95. The summed E-state index contributed by atoms with van der Waals surface area (Å²) in [7, 11) is 0. The Morgan fingerprint density at radius 1 is 1.35 bits per heavy atom. The fourth-order valence-corrected chi connectivity index (χ4v) is 5.47. The van der Waals surface area contributed by atoms with Crippen molar-refractivity contribution in [1.82, 2.24) is 4.90 Å². The topological polar surface area (TPSA) is 29.5 Å². The third kappa shape index (κ3) is 3.89. The van der Waals surface area contributed by atoms with Crippen molar-refractivity contribution in [3.05, 3.63) is 35.9 Å². The van der Waals surface area contributed by atoms with Gasteiger partial charge in [-0.15, -0.1) is 0 Å². The molecule has 3 nitrogen and oxygen atoms in total. The largest absolute Gasteiger partial charge is 0.479 e. The number of rotatable bonds is 5. The monoisotopic (exact) mass is 349 g/mol. The van der Waals surface area contributed by atoms with E-state index in [0.717, 1.165) is 25.8 Å². The molecular weight excluding hydrogens is 326 g/mol. The van der Waals surface area contributed by atoms with Gasteiger partial charge in [-0.3, -0.25) is 4.79 Å². The lowest BCUT2D eigenvalue weighted by Crippen LogP contribution is -2.40. The number of hydrogen-bond donors (Lipinski definition) is 0. The Balaban J connectivity index is 1.64. The SMILES string of the molecule is CCOC(=S)S[C@@H]1CC[C@H]2CC(=O)N(CCc3ccccc3)[C@H]21. The zero-order valence-electron chi connectivity index (χ0n) is 13.4. The first-order chi connectivity index (χ1) is 11.2. The molecule has 1 saturated heterocycles. The van der Waals surface area contributed by atoms with Crippen LogP contribution in [0.5, 0.6) is 0 Å². The second kappa shape index (κ2) is 7.67. The second-order valence-electron chi connectivity index (χ2n) is 6.19. The molecule has 0 spiro atoms. The minimum Gasteiger partial charge on any atom is -0.479 e. The number of likely N-dealkylation sites (tertiary alicyclic amines) is 1. The van der Waals surface area contributed by atoms with E-state index >= 15 is 0 Å². The molecule has 23 heavy (non-hydrogen) atoms. The average molecular weight is 350 g/mol. The lowest BCUT2D eigenvalue weighted by molar-refractivity contribution is -0.128. The molecule has 1 amide bonds. The molecule has 1 aliphatic carbocycles. The van der Waals surface area contributed by atoms with Crippen molar-refractivity contribution in [2.75, 3.05) is 13.2 Å². The maximum Gasteiger partial charge on any atom is 0.223 e. The lowest BCUT2D eigenvalue weighted by atomic mass is 10.0. The molecule has 1 aromatic carbocycles. The first kappa shape index (κ1) is 16.8. The number of fused-ring (bicyclic) bond motifs is 1. The molecule has 0 radical (unpaired) electrons. The van der Waals surface area contributed by atoms with Crippen molar-refractivity contribution in [2.24, 2.45) is 5.92 Å². The molecule has 124 valence electrons. The molecule has 1 saturated carbocycles. The fourth-order valence-electron chi connectivity index (χ4n) is 3.78. The number of carbonyl (C=O) groups is 1. The van der Waals surface area contributed by atoms with Gasteiger partial charge >= 0.3 is 0 Å². The van der Waals surface area contributed by atoms with Crippen molar-refractivity contribution >= 4 is 34.3 Å². The van der Waals surface area contributed by atoms with E-state index in [1.54, 1.807) is 11.8 Å². The van der Waals surface area contributed by atoms with E-state index in [0.29, 0.717) is 40.5 Å². The summed E-state index contributed by atoms with van der Waals surface area (Å²) in [5.74, 6) is 0.809. The molecule has 0 unspecified atom stereocenters. The molecule has 0 aromatic heterocycles. The number of nitrogens with zero attached hydrogens (tertiary/aromatic N) is 1. The Hall–Kier alpha value is -1.07. The van der Waals surface area contributed by atoms with Crippen LogP contribution in [0.4, 0.5) is 0 Å². The van der Waals surface area contributed by atoms with Gasteiger partial charge in [-0.1, -0.05) is 42.1 Å². The van der Waals surface area contributed by atoms with E-state index in [1.807, 2.05) is 13.0 Å². The van der Waals surface area contributed by atoms with Crippen LogP contribution in [0.1, 0.15) is 31.7 Å². The standard InChI is InChI=1S/C18H23NO2S2/c1-2-21-18(22)23-15-9-8-14-12-16(20)19(17(14)15)11-10-13-6-4-3-5-7-13/h3-7,14-15,17H,2,8-12H2,1H3/t14-,15+,17+/m0/s1. The summed E-state index contributed by atoms with van der Waals surface area (Å²) in [6, 6.07) is 10.7. The van der Waals surface area contributed by atoms with Crippen LogP contribution in [0.15, 0.2) is 30.3 Å². The van der Waals surface area contributed by atoms with Gasteiger partial charge in [0.25, 0.3) is 0 Å². The highest BCUT2D eigenvalue weighted by atomic mass is 32.2. The molecule has 3 atom stereocenters. The van der Waals surface area contributed by atoms with Crippen molar-refractivity contribution < 1.29 is 9.53 Å². The molecule has 5 heteroatoms. The van der Waals surface area contributed by atoms with Crippen molar-refractivity contribution in [1.29, 1.82) is 0 Å². The summed E-state index contributed by atoms with van der Waals surface area (Å²) in [4.78, 5) is 14.5. The van der Waals surface area contributed by atoms with Gasteiger partial charge in [0.05, 0.1) is 6.61 Å². The second-order valence-corrected chi connectivity index (χ2v) is 8.04. The van der Waals surface area contributed by atoms with E-state index in [4.69, 9.17) is 17.0 Å². The van der Waals surface area contributed by atoms with Gasteiger partial charge in [0.15, 0.2) is 0 Å². The number of ether oxygens (including phenoxy) is 1. The summed E-state index contributed by atoms with van der Waals surface area (Å²) in [5, 5.41) is 0.390. The zero-order valence-corrected chi connectivity index (χ0v) is 15.1. The van der Waals surface area contributed by atoms with Crippen LogP contribution in [0, 0.1) is 5.92 Å². The normalized spacial score (nSPS) is 26.4. The Morgan fingerprint density at radius 3 is 2.87 bits per heavy atom. The maximum atomic E-state index is 12.4. The Kier molecular flexibility index (Phi) is 5.59. The van der Waals surface area contributed by atoms with Crippen LogP contribution in [-0.4, -0.2) is 39.6 Å². The fraction of sp³-hybridized carbons (Fsp3) is 0.556. The van der Waals surface area contributed by atoms with E-state index < -0.39 is 0 Å². The maximum absolute atomic E-state index is 12.4. The molecule has 1 aliphatic heterocycles. The third-order valence-corrected chi connectivity index (χ3v) is 6.33. The number of amides is 1. The van der Waals surface area contributed by atoms with Crippen LogP contribution >= 0.6 is 24.0 Å². The summed E-state index contributed by atoms with van der Waals surface area (Å²) < 4.78 is 6.06. The smallest absolute Gasteiger partial charge is 0.223 e. The number of carbonyl (C=O) groups excluding carboxylic acids is 1. The van der Waals surface area contributed by atoms with Crippen molar-refractivity contribution in [2.45, 2.75) is 43.9 Å².